The molecule has 2 unspecified atom stereocenters. The molecule has 2 rings (SSSR count). The van der Waals surface area contributed by atoms with Crippen LogP contribution in [-0.2, 0) is 0 Å². The Kier molecular flexibility index (Phi) is 4.70. The molecule has 1 aliphatic carbocycles. The molecule has 2 atom stereocenters. The number of hydrogen-bond donors (Lipinski definition) is 1. The Morgan fingerprint density at radius 3 is 2.68 bits per heavy atom. The van der Waals surface area contributed by atoms with Gasteiger partial charge in [0.05, 0.1) is 6.61 Å². The van der Waals surface area contributed by atoms with Crippen molar-refractivity contribution in [3.63, 3.8) is 0 Å². The van der Waals surface area contributed by atoms with Gasteiger partial charge >= 0.3 is 0 Å². The summed E-state index contributed by atoms with van der Waals surface area (Å²) >= 11 is 0. The van der Waals surface area contributed by atoms with Crippen molar-refractivity contribution < 1.29 is 4.74 Å². The molecule has 1 aromatic rings. The smallest absolute Gasteiger partial charge is 0.122 e. The second-order valence-electron chi connectivity index (χ2n) is 5.51. The number of nitrogens with zero attached hydrogens (tertiary/aromatic N) is 1. The van der Waals surface area contributed by atoms with Crippen molar-refractivity contribution in [2.24, 2.45) is 5.73 Å². The first kappa shape index (κ1) is 14.2. The lowest BCUT2D eigenvalue weighted by atomic mass is 9.90. The lowest BCUT2D eigenvalue weighted by Crippen LogP contribution is -2.48. The molecule has 3 heteroatoms. The Bertz CT molecular complexity index is 419. The summed E-state index contributed by atoms with van der Waals surface area (Å²) in [6.07, 6.45) is 4.90. The Morgan fingerprint density at radius 1 is 1.32 bits per heavy atom. The van der Waals surface area contributed by atoms with Gasteiger partial charge < -0.3 is 15.4 Å². The van der Waals surface area contributed by atoms with Crippen molar-refractivity contribution in [3.8, 4) is 5.75 Å². The maximum Gasteiger partial charge on any atom is 0.122 e. The molecule has 0 spiro atoms. The highest BCUT2D eigenvalue weighted by Crippen LogP contribution is 2.29. The summed E-state index contributed by atoms with van der Waals surface area (Å²) in [6.45, 7) is 4.83. The van der Waals surface area contributed by atoms with Gasteiger partial charge in [-0.1, -0.05) is 12.8 Å². The maximum absolute atomic E-state index is 6.27. The molecule has 0 amide bonds. The van der Waals surface area contributed by atoms with E-state index in [4.69, 9.17) is 10.5 Å². The van der Waals surface area contributed by atoms with E-state index in [1.54, 1.807) is 0 Å². The fourth-order valence-corrected chi connectivity index (χ4v) is 2.98. The van der Waals surface area contributed by atoms with Gasteiger partial charge in [0.25, 0.3) is 0 Å². The molecule has 0 saturated heterocycles. The van der Waals surface area contributed by atoms with Crippen molar-refractivity contribution >= 4 is 5.69 Å². The highest BCUT2D eigenvalue weighted by atomic mass is 16.5. The number of rotatable bonds is 4. The Balaban J connectivity index is 2.14. The monoisotopic (exact) mass is 262 g/mol. The third kappa shape index (κ3) is 3.21. The molecule has 0 aromatic heterocycles. The molecule has 19 heavy (non-hydrogen) atoms. The van der Waals surface area contributed by atoms with Gasteiger partial charge in [-0.2, -0.15) is 0 Å². The van der Waals surface area contributed by atoms with Crippen LogP contribution in [0.3, 0.4) is 0 Å². The summed E-state index contributed by atoms with van der Waals surface area (Å²) in [6, 6.07) is 7.17. The number of benzene rings is 1. The van der Waals surface area contributed by atoms with Gasteiger partial charge in [0, 0.05) is 24.8 Å². The average Bonchev–Trinajstić information content (AvgIpc) is 2.41. The number of nitrogens with two attached hydrogens (primary N) is 1. The molecule has 0 heterocycles. The molecule has 1 fully saturated rings. The minimum atomic E-state index is 0.297. The zero-order valence-electron chi connectivity index (χ0n) is 12.4. The van der Waals surface area contributed by atoms with E-state index in [1.807, 2.05) is 6.92 Å². The van der Waals surface area contributed by atoms with E-state index >= 15 is 0 Å². The van der Waals surface area contributed by atoms with Crippen LogP contribution in [0, 0.1) is 6.92 Å². The van der Waals surface area contributed by atoms with Crippen molar-refractivity contribution in [1.29, 1.82) is 0 Å². The number of likely N-dealkylation sites (N-methyl/N-ethyl adjacent to an activating group) is 1. The van der Waals surface area contributed by atoms with Gasteiger partial charge in [0.2, 0.25) is 0 Å². The number of hydrogen-bond acceptors (Lipinski definition) is 3. The molecule has 1 aliphatic rings. The molecule has 0 aliphatic heterocycles. The fraction of sp³-hybridized carbons (Fsp3) is 0.625. The van der Waals surface area contributed by atoms with Crippen LogP contribution in [0.25, 0.3) is 0 Å². The minimum absolute atomic E-state index is 0.297. The summed E-state index contributed by atoms with van der Waals surface area (Å²) in [5.41, 5.74) is 8.70. The molecule has 106 valence electrons. The molecule has 2 N–H and O–H groups in total. The third-order valence-corrected chi connectivity index (χ3v) is 4.14. The first-order valence-corrected chi connectivity index (χ1v) is 7.35. The van der Waals surface area contributed by atoms with E-state index in [0.29, 0.717) is 18.7 Å². The molecule has 0 bridgehead atoms. The average molecular weight is 262 g/mol. The first-order valence-electron chi connectivity index (χ1n) is 7.35. The minimum Gasteiger partial charge on any atom is -0.494 e. The quantitative estimate of drug-likeness (QED) is 0.906. The largest absolute Gasteiger partial charge is 0.494 e. The lowest BCUT2D eigenvalue weighted by Gasteiger charge is -2.37. The Labute approximate surface area is 116 Å². The van der Waals surface area contributed by atoms with Crippen LogP contribution < -0.4 is 15.4 Å². The number of ether oxygens (including phenoxy) is 1. The predicted octanol–water partition coefficient (Wildman–Crippen LogP) is 3.10. The van der Waals surface area contributed by atoms with Gasteiger partial charge in [-0.25, -0.2) is 0 Å². The summed E-state index contributed by atoms with van der Waals surface area (Å²) in [5.74, 6) is 0.979. The zero-order valence-corrected chi connectivity index (χ0v) is 12.4. The Hall–Kier alpha value is -1.22. The van der Waals surface area contributed by atoms with E-state index in [9.17, 15) is 0 Å². The molecule has 1 saturated carbocycles. The van der Waals surface area contributed by atoms with Gasteiger partial charge in [-0.15, -0.1) is 0 Å². The first-order chi connectivity index (χ1) is 9.13. The summed E-state index contributed by atoms with van der Waals surface area (Å²) < 4.78 is 5.59. The van der Waals surface area contributed by atoms with Crippen LogP contribution in [0.2, 0.25) is 0 Å². The number of anilines is 1. The van der Waals surface area contributed by atoms with Crippen LogP contribution >= 0.6 is 0 Å². The summed E-state index contributed by atoms with van der Waals surface area (Å²) in [4.78, 5) is 2.34. The van der Waals surface area contributed by atoms with E-state index in [2.05, 4.69) is 37.1 Å². The van der Waals surface area contributed by atoms with Gasteiger partial charge in [0.1, 0.15) is 5.75 Å². The Morgan fingerprint density at radius 2 is 2.05 bits per heavy atom. The third-order valence-electron chi connectivity index (χ3n) is 4.14. The number of aryl methyl sites for hydroxylation is 1. The molecule has 1 aromatic carbocycles. The topological polar surface area (TPSA) is 38.5 Å². The van der Waals surface area contributed by atoms with E-state index in [-0.39, 0.29) is 0 Å². The van der Waals surface area contributed by atoms with Crippen molar-refractivity contribution in [1.82, 2.24) is 0 Å². The second kappa shape index (κ2) is 6.29. The van der Waals surface area contributed by atoms with Crippen molar-refractivity contribution in [2.45, 2.75) is 51.6 Å². The van der Waals surface area contributed by atoms with Gasteiger partial charge in [-0.3, -0.25) is 0 Å². The maximum atomic E-state index is 6.27. The summed E-state index contributed by atoms with van der Waals surface area (Å²) in [7, 11) is 2.16. The van der Waals surface area contributed by atoms with Crippen LogP contribution in [0.1, 0.15) is 38.2 Å². The standard InChI is InChI=1S/C16H26N2O/c1-4-19-16-10-9-13(11-12(16)2)18(3)15-8-6-5-7-14(15)17/h9-11,14-15H,4-8,17H2,1-3H3. The van der Waals surface area contributed by atoms with Gasteiger partial charge in [0.15, 0.2) is 0 Å². The van der Waals surface area contributed by atoms with Crippen LogP contribution in [0.15, 0.2) is 18.2 Å². The summed E-state index contributed by atoms with van der Waals surface area (Å²) in [5, 5.41) is 0. The normalized spacial score (nSPS) is 23.2. The van der Waals surface area contributed by atoms with Crippen LogP contribution in [-0.4, -0.2) is 25.7 Å². The van der Waals surface area contributed by atoms with Gasteiger partial charge in [-0.05, 0) is 50.5 Å². The SMILES string of the molecule is CCOc1ccc(N(C)C2CCCCC2N)cc1C. The van der Waals surface area contributed by atoms with Crippen LogP contribution in [0.4, 0.5) is 5.69 Å². The predicted molar refractivity (Wildman–Crippen MR) is 81.0 cm³/mol. The second-order valence-corrected chi connectivity index (χ2v) is 5.51. The zero-order chi connectivity index (χ0) is 13.8. The van der Waals surface area contributed by atoms with E-state index in [1.165, 1.54) is 30.5 Å². The van der Waals surface area contributed by atoms with E-state index in [0.717, 1.165) is 12.2 Å². The molecule has 3 nitrogen and oxygen atoms in total. The van der Waals surface area contributed by atoms with Crippen LogP contribution in [0.5, 0.6) is 5.75 Å². The molecular formula is C16H26N2O. The van der Waals surface area contributed by atoms with E-state index < -0.39 is 0 Å². The molecule has 0 radical (unpaired) electrons. The molecular weight excluding hydrogens is 236 g/mol. The van der Waals surface area contributed by atoms with Crippen molar-refractivity contribution in [3.05, 3.63) is 23.8 Å². The fourth-order valence-electron chi connectivity index (χ4n) is 2.98. The van der Waals surface area contributed by atoms with Crippen molar-refractivity contribution in [2.75, 3.05) is 18.6 Å². The highest BCUT2D eigenvalue weighted by Gasteiger charge is 2.25. The highest BCUT2D eigenvalue weighted by molar-refractivity contribution is 5.53. The lowest BCUT2D eigenvalue weighted by molar-refractivity contribution is 0.337.